The van der Waals surface area contributed by atoms with E-state index in [2.05, 4.69) is 25.6 Å². The molecule has 3 aromatic heterocycles. The van der Waals surface area contributed by atoms with Crippen molar-refractivity contribution in [3.05, 3.63) is 18.0 Å². The van der Waals surface area contributed by atoms with E-state index in [9.17, 15) is 4.79 Å². The lowest BCUT2D eigenvalue weighted by Crippen LogP contribution is -2.46. The quantitative estimate of drug-likeness (QED) is 0.648. The molecule has 0 bridgehead atoms. The Kier molecular flexibility index (Phi) is 6.58. The van der Waals surface area contributed by atoms with E-state index < -0.39 is 0 Å². The van der Waals surface area contributed by atoms with Gasteiger partial charge in [-0.1, -0.05) is 0 Å². The molecule has 0 aromatic carbocycles. The Labute approximate surface area is 167 Å². The van der Waals surface area contributed by atoms with Crippen molar-refractivity contribution < 1.29 is 9.42 Å². The Morgan fingerprint density at radius 1 is 1.26 bits per heavy atom. The van der Waals surface area contributed by atoms with Crippen LogP contribution in [-0.2, 0) is 6.54 Å². The molecule has 3 aromatic rings. The predicted octanol–water partition coefficient (Wildman–Crippen LogP) is 0.972. The Bertz CT molecular complexity index is 935. The molecule has 0 saturated carbocycles. The van der Waals surface area contributed by atoms with Crippen molar-refractivity contribution >= 4 is 47.6 Å². The van der Waals surface area contributed by atoms with Gasteiger partial charge in [0, 0.05) is 38.9 Å². The van der Waals surface area contributed by atoms with Crippen LogP contribution in [0.4, 0.5) is 5.82 Å². The lowest BCUT2D eigenvalue weighted by Gasteiger charge is -2.27. The Balaban J connectivity index is 0.00000131. The number of rotatable bonds is 3. The highest BCUT2D eigenvalue weighted by atomic mass is 35.5. The maximum Gasteiger partial charge on any atom is 0.257 e. The van der Waals surface area contributed by atoms with Gasteiger partial charge in [0.1, 0.15) is 5.52 Å². The zero-order chi connectivity index (χ0) is 17.4. The third-order valence-electron chi connectivity index (χ3n) is 4.33. The number of fused-ring (bicyclic) bond motifs is 1. The Morgan fingerprint density at radius 2 is 2.00 bits per heavy atom. The molecular formula is C15H20Cl2N8O2. The van der Waals surface area contributed by atoms with Crippen LogP contribution < -0.4 is 11.1 Å². The summed E-state index contributed by atoms with van der Waals surface area (Å²) in [5, 5.41) is 10.7. The monoisotopic (exact) mass is 414 g/mol. The number of halogens is 2. The highest BCUT2D eigenvalue weighted by Crippen LogP contribution is 2.28. The van der Waals surface area contributed by atoms with Crippen LogP contribution in [0.25, 0.3) is 22.6 Å². The van der Waals surface area contributed by atoms with E-state index in [1.807, 2.05) is 16.4 Å². The van der Waals surface area contributed by atoms with E-state index in [0.29, 0.717) is 42.2 Å². The smallest absolute Gasteiger partial charge is 0.257 e. The maximum atomic E-state index is 13.0. The summed E-state index contributed by atoms with van der Waals surface area (Å²) < 4.78 is 6.58. The second-order valence-electron chi connectivity index (χ2n) is 5.77. The lowest BCUT2D eigenvalue weighted by atomic mass is 10.2. The van der Waals surface area contributed by atoms with E-state index in [0.717, 1.165) is 18.6 Å². The van der Waals surface area contributed by atoms with Crippen LogP contribution in [-0.4, -0.2) is 61.8 Å². The van der Waals surface area contributed by atoms with Crippen molar-refractivity contribution in [3.8, 4) is 11.5 Å². The van der Waals surface area contributed by atoms with Crippen molar-refractivity contribution in [3.63, 3.8) is 0 Å². The maximum absolute atomic E-state index is 13.0. The number of aryl methyl sites for hydroxylation is 1. The number of aromatic nitrogens is 5. The predicted molar refractivity (Wildman–Crippen MR) is 104 cm³/mol. The number of pyridine rings is 1. The number of imidazole rings is 1. The van der Waals surface area contributed by atoms with Crippen LogP contribution in [0.5, 0.6) is 0 Å². The molecule has 1 aliphatic rings. The van der Waals surface area contributed by atoms with Crippen molar-refractivity contribution in [2.24, 2.45) is 0 Å². The van der Waals surface area contributed by atoms with Crippen molar-refractivity contribution in [2.45, 2.75) is 13.5 Å². The molecular weight excluding hydrogens is 395 g/mol. The van der Waals surface area contributed by atoms with Crippen molar-refractivity contribution in [1.29, 1.82) is 0 Å². The van der Waals surface area contributed by atoms with Crippen LogP contribution in [0.15, 0.2) is 17.0 Å². The third-order valence-corrected chi connectivity index (χ3v) is 4.33. The second-order valence-corrected chi connectivity index (χ2v) is 5.77. The molecule has 27 heavy (non-hydrogen) atoms. The van der Waals surface area contributed by atoms with Crippen LogP contribution in [0.3, 0.4) is 0 Å². The first-order valence-electron chi connectivity index (χ1n) is 8.13. The summed E-state index contributed by atoms with van der Waals surface area (Å²) in [6.07, 6.45) is 3.22. The van der Waals surface area contributed by atoms with Crippen LogP contribution >= 0.6 is 24.8 Å². The molecule has 4 rings (SSSR count). The molecule has 146 valence electrons. The minimum Gasteiger partial charge on any atom is -0.379 e. The number of nitrogens with zero attached hydrogens (tertiary/aromatic N) is 6. The highest BCUT2D eigenvalue weighted by molar-refractivity contribution is 6.05. The minimum atomic E-state index is -0.0491. The van der Waals surface area contributed by atoms with E-state index >= 15 is 0 Å². The summed E-state index contributed by atoms with van der Waals surface area (Å²) in [4.78, 5) is 23.6. The van der Waals surface area contributed by atoms with Crippen LogP contribution in [0.1, 0.15) is 17.3 Å². The average Bonchev–Trinajstić information content (AvgIpc) is 3.24. The summed E-state index contributed by atoms with van der Waals surface area (Å²) in [7, 11) is 0. The molecule has 1 fully saturated rings. The molecule has 0 spiro atoms. The number of piperazine rings is 1. The van der Waals surface area contributed by atoms with Gasteiger partial charge in [0.15, 0.2) is 17.3 Å². The fourth-order valence-corrected chi connectivity index (χ4v) is 3.12. The number of amides is 1. The zero-order valence-electron chi connectivity index (χ0n) is 14.6. The second kappa shape index (κ2) is 8.51. The molecule has 4 heterocycles. The SMILES string of the molecule is CCn1c(-c2nonc2N)nc2cncc(C(=O)N3CCNCC3)c21.Cl.Cl. The normalized spacial score (nSPS) is 13.9. The molecule has 12 heteroatoms. The van der Waals surface area contributed by atoms with Gasteiger partial charge in [-0.3, -0.25) is 9.78 Å². The molecule has 0 unspecified atom stereocenters. The third kappa shape index (κ3) is 3.55. The van der Waals surface area contributed by atoms with Gasteiger partial charge in [0.25, 0.3) is 5.91 Å². The lowest BCUT2D eigenvalue weighted by molar-refractivity contribution is 0.0737. The fourth-order valence-electron chi connectivity index (χ4n) is 3.12. The van der Waals surface area contributed by atoms with E-state index in [4.69, 9.17) is 10.4 Å². The molecule has 0 aliphatic carbocycles. The van der Waals surface area contributed by atoms with Crippen LogP contribution in [0.2, 0.25) is 0 Å². The summed E-state index contributed by atoms with van der Waals surface area (Å²) in [5.41, 5.74) is 8.03. The number of nitrogens with two attached hydrogens (primary N) is 1. The highest BCUT2D eigenvalue weighted by Gasteiger charge is 2.25. The van der Waals surface area contributed by atoms with E-state index in [-0.39, 0.29) is 36.5 Å². The van der Waals surface area contributed by atoms with Crippen LogP contribution in [0, 0.1) is 0 Å². The van der Waals surface area contributed by atoms with E-state index in [1.165, 1.54) is 0 Å². The number of nitrogens with one attached hydrogen (secondary N) is 1. The van der Waals surface area contributed by atoms with Gasteiger partial charge in [-0.25, -0.2) is 9.61 Å². The van der Waals surface area contributed by atoms with Gasteiger partial charge in [-0.05, 0) is 17.2 Å². The number of anilines is 1. The van der Waals surface area contributed by atoms with Crippen molar-refractivity contribution in [2.75, 3.05) is 31.9 Å². The largest absolute Gasteiger partial charge is 0.379 e. The minimum absolute atomic E-state index is 0. The van der Waals surface area contributed by atoms with Gasteiger partial charge >= 0.3 is 0 Å². The topological polar surface area (TPSA) is 128 Å². The molecule has 10 nitrogen and oxygen atoms in total. The first kappa shape index (κ1) is 20.9. The first-order valence-corrected chi connectivity index (χ1v) is 8.13. The Hall–Kier alpha value is -2.43. The molecule has 3 N–H and O–H groups in total. The average molecular weight is 415 g/mol. The summed E-state index contributed by atoms with van der Waals surface area (Å²) in [5.74, 6) is 0.624. The van der Waals surface area contributed by atoms with Gasteiger partial charge in [-0.15, -0.1) is 24.8 Å². The number of carbonyl (C=O) groups excluding carboxylic acids is 1. The molecule has 1 saturated heterocycles. The number of hydrogen-bond acceptors (Lipinski definition) is 8. The fraction of sp³-hybridized carbons (Fsp3) is 0.400. The Morgan fingerprint density at radius 3 is 2.63 bits per heavy atom. The summed E-state index contributed by atoms with van der Waals surface area (Å²) in [6.45, 7) is 5.46. The van der Waals surface area contributed by atoms with Gasteiger partial charge in [0.2, 0.25) is 0 Å². The number of carbonyl (C=O) groups is 1. The molecule has 1 amide bonds. The zero-order valence-corrected chi connectivity index (χ0v) is 16.2. The van der Waals surface area contributed by atoms with E-state index in [1.54, 1.807) is 12.4 Å². The molecule has 1 aliphatic heterocycles. The summed E-state index contributed by atoms with van der Waals surface area (Å²) in [6, 6.07) is 0. The number of nitrogen functional groups attached to an aromatic ring is 1. The molecule has 0 atom stereocenters. The first-order chi connectivity index (χ1) is 12.2. The van der Waals surface area contributed by atoms with Gasteiger partial charge in [-0.2, -0.15) is 0 Å². The van der Waals surface area contributed by atoms with Gasteiger partial charge < -0.3 is 20.5 Å². The molecule has 0 radical (unpaired) electrons. The summed E-state index contributed by atoms with van der Waals surface area (Å²) >= 11 is 0. The van der Waals surface area contributed by atoms with Gasteiger partial charge in [0.05, 0.1) is 17.3 Å². The standard InChI is InChI=1S/C15H18N8O2.2ClH/c1-2-23-12-9(15(24)22-5-3-17-4-6-22)7-18-8-10(12)19-14(23)11-13(16)21-25-20-11;;/h7-8,17H,2-6H2,1H3,(H2,16,21);2*1H. The van der Waals surface area contributed by atoms with Crippen molar-refractivity contribution in [1.82, 2.24) is 35.1 Å². The number of hydrogen-bond donors (Lipinski definition) is 2.